The van der Waals surface area contributed by atoms with Gasteiger partial charge in [-0.25, -0.2) is 17.9 Å². The zero-order valence-corrected chi connectivity index (χ0v) is 12.2. The van der Waals surface area contributed by atoms with E-state index in [1.807, 2.05) is 0 Å². The minimum Gasteiger partial charge on any atom is -0.477 e. The van der Waals surface area contributed by atoms with E-state index in [4.69, 9.17) is 9.84 Å². The predicted molar refractivity (Wildman–Crippen MR) is 71.5 cm³/mol. The molecule has 1 aliphatic heterocycles. The van der Waals surface area contributed by atoms with E-state index >= 15 is 0 Å². The Balaban J connectivity index is 2.11. The van der Waals surface area contributed by atoms with Gasteiger partial charge in [0.05, 0.1) is 5.60 Å². The van der Waals surface area contributed by atoms with Gasteiger partial charge in [-0.3, -0.25) is 0 Å². The molecule has 0 amide bonds. The van der Waals surface area contributed by atoms with Crippen molar-refractivity contribution in [2.24, 2.45) is 0 Å². The van der Waals surface area contributed by atoms with E-state index in [1.54, 1.807) is 0 Å². The molecular formula is C11H15NO6S2. The molecule has 7 nitrogen and oxygen atoms in total. The number of thiophene rings is 1. The first-order valence-corrected chi connectivity index (χ1v) is 8.31. The van der Waals surface area contributed by atoms with Crippen molar-refractivity contribution in [3.8, 4) is 0 Å². The molecule has 1 aromatic rings. The highest BCUT2D eigenvalue weighted by molar-refractivity contribution is 7.89. The van der Waals surface area contributed by atoms with Crippen molar-refractivity contribution >= 4 is 27.3 Å². The molecule has 20 heavy (non-hydrogen) atoms. The molecule has 2 heterocycles. The van der Waals surface area contributed by atoms with Gasteiger partial charge in [-0.15, -0.1) is 11.3 Å². The molecule has 1 aromatic heterocycles. The van der Waals surface area contributed by atoms with E-state index in [2.05, 4.69) is 4.72 Å². The molecule has 3 N–H and O–H groups in total. The average molecular weight is 321 g/mol. The topological polar surface area (TPSA) is 113 Å². The number of rotatable bonds is 5. The van der Waals surface area contributed by atoms with Crippen LogP contribution in [0.5, 0.6) is 0 Å². The van der Waals surface area contributed by atoms with Crippen LogP contribution in [0.15, 0.2) is 16.3 Å². The third-order valence-corrected chi connectivity index (χ3v) is 5.60. The van der Waals surface area contributed by atoms with Crippen LogP contribution in [0.25, 0.3) is 0 Å². The van der Waals surface area contributed by atoms with Crippen LogP contribution in [0.3, 0.4) is 0 Å². The van der Waals surface area contributed by atoms with Crippen LogP contribution in [0.1, 0.15) is 22.5 Å². The summed E-state index contributed by atoms with van der Waals surface area (Å²) in [4.78, 5) is 10.4. The lowest BCUT2D eigenvalue weighted by molar-refractivity contribution is -0.0588. The summed E-state index contributed by atoms with van der Waals surface area (Å²) in [6.45, 7) is 0.585. The summed E-state index contributed by atoms with van der Waals surface area (Å²) in [5.41, 5.74) is -1.15. The fourth-order valence-electron chi connectivity index (χ4n) is 1.90. The fraction of sp³-hybridized carbons (Fsp3) is 0.545. The smallest absolute Gasteiger partial charge is 0.347 e. The van der Waals surface area contributed by atoms with E-state index in [-0.39, 0.29) is 16.3 Å². The quantitative estimate of drug-likeness (QED) is 0.717. The summed E-state index contributed by atoms with van der Waals surface area (Å²) in [5.74, 6) is -1.29. The van der Waals surface area contributed by atoms with Crippen molar-refractivity contribution in [1.29, 1.82) is 0 Å². The maximum atomic E-state index is 12.1. The van der Waals surface area contributed by atoms with Gasteiger partial charge in [0.2, 0.25) is 10.0 Å². The van der Waals surface area contributed by atoms with E-state index in [0.29, 0.717) is 26.1 Å². The molecule has 1 saturated heterocycles. The summed E-state index contributed by atoms with van der Waals surface area (Å²) >= 11 is 0.844. The molecule has 112 valence electrons. The number of carbonyl (C=O) groups is 1. The van der Waals surface area contributed by atoms with Gasteiger partial charge in [0.25, 0.3) is 0 Å². The van der Waals surface area contributed by atoms with E-state index < -0.39 is 21.6 Å². The Morgan fingerprint density at radius 2 is 2.10 bits per heavy atom. The number of carboxylic acids is 1. The Labute approximate surface area is 120 Å². The van der Waals surface area contributed by atoms with Crippen LogP contribution in [0.2, 0.25) is 0 Å². The number of aromatic carboxylic acids is 1. The van der Waals surface area contributed by atoms with E-state index in [0.717, 1.165) is 11.3 Å². The normalized spacial score (nSPS) is 18.9. The molecule has 0 aromatic carbocycles. The molecule has 1 aliphatic rings. The first-order valence-electron chi connectivity index (χ1n) is 5.95. The lowest BCUT2D eigenvalue weighted by atomic mass is 9.95. The van der Waals surface area contributed by atoms with Crippen molar-refractivity contribution in [1.82, 2.24) is 4.72 Å². The number of hydrogen-bond donors (Lipinski definition) is 3. The minimum atomic E-state index is -3.95. The summed E-state index contributed by atoms with van der Waals surface area (Å²) < 4.78 is 31.6. The van der Waals surface area contributed by atoms with Crippen LogP contribution in [-0.4, -0.2) is 50.0 Å². The monoisotopic (exact) mass is 321 g/mol. The van der Waals surface area contributed by atoms with E-state index in [1.165, 1.54) is 11.4 Å². The van der Waals surface area contributed by atoms with Gasteiger partial charge in [0, 0.05) is 32.6 Å². The third-order valence-electron chi connectivity index (χ3n) is 3.13. The highest BCUT2D eigenvalue weighted by atomic mass is 32.2. The van der Waals surface area contributed by atoms with Gasteiger partial charge in [0.15, 0.2) is 0 Å². The minimum absolute atomic E-state index is 0.159. The van der Waals surface area contributed by atoms with Crippen LogP contribution < -0.4 is 4.72 Å². The first-order chi connectivity index (χ1) is 9.34. The van der Waals surface area contributed by atoms with Gasteiger partial charge in [-0.1, -0.05) is 0 Å². The molecule has 0 atom stereocenters. The Hall–Kier alpha value is -1.00. The molecule has 1 fully saturated rings. The number of aliphatic hydroxyl groups is 1. The van der Waals surface area contributed by atoms with Gasteiger partial charge < -0.3 is 14.9 Å². The Kier molecular flexibility index (Phi) is 4.45. The molecule has 0 unspecified atom stereocenters. The average Bonchev–Trinajstić information content (AvgIpc) is 2.88. The maximum absolute atomic E-state index is 12.1. The highest BCUT2D eigenvalue weighted by Crippen LogP contribution is 2.24. The maximum Gasteiger partial charge on any atom is 0.347 e. The van der Waals surface area contributed by atoms with Crippen LogP contribution in [0, 0.1) is 0 Å². The number of ether oxygens (including phenoxy) is 1. The number of nitrogens with one attached hydrogen (secondary N) is 1. The second kappa shape index (κ2) is 5.78. The molecule has 0 saturated carbocycles. The molecule has 9 heteroatoms. The van der Waals surface area contributed by atoms with Crippen LogP contribution in [0.4, 0.5) is 0 Å². The van der Waals surface area contributed by atoms with Gasteiger partial charge in [0.1, 0.15) is 9.77 Å². The molecule has 0 aliphatic carbocycles. The predicted octanol–water partition coefficient (Wildman–Crippen LogP) is 0.266. The first kappa shape index (κ1) is 15.4. The standard InChI is InChI=1S/C11H15NO6S2/c13-10(14)9-8(1-6-19-9)20(16,17)12-7-11(15)2-4-18-5-3-11/h1,6,12,15H,2-5,7H2,(H,13,14). The van der Waals surface area contributed by atoms with E-state index in [9.17, 15) is 18.3 Å². The lowest BCUT2D eigenvalue weighted by Crippen LogP contribution is -2.46. The SMILES string of the molecule is O=C(O)c1sccc1S(=O)(=O)NCC1(O)CCOCC1. The molecule has 2 rings (SSSR count). The molecular weight excluding hydrogens is 306 g/mol. The summed E-state index contributed by atoms with van der Waals surface area (Å²) in [7, 11) is -3.95. The summed E-state index contributed by atoms with van der Waals surface area (Å²) in [6.07, 6.45) is 0.676. The Morgan fingerprint density at radius 1 is 1.45 bits per heavy atom. The van der Waals surface area contributed by atoms with Crippen LogP contribution in [-0.2, 0) is 14.8 Å². The van der Waals surface area contributed by atoms with Crippen molar-refractivity contribution < 1.29 is 28.2 Å². The van der Waals surface area contributed by atoms with Crippen molar-refractivity contribution in [3.05, 3.63) is 16.3 Å². The van der Waals surface area contributed by atoms with Crippen molar-refractivity contribution in [2.75, 3.05) is 19.8 Å². The Morgan fingerprint density at radius 3 is 2.70 bits per heavy atom. The number of sulfonamides is 1. The van der Waals surface area contributed by atoms with Crippen LogP contribution >= 0.6 is 11.3 Å². The summed E-state index contributed by atoms with van der Waals surface area (Å²) in [6, 6.07) is 1.24. The zero-order chi connectivity index (χ0) is 14.8. The second-order valence-electron chi connectivity index (χ2n) is 4.58. The van der Waals surface area contributed by atoms with Crippen molar-refractivity contribution in [3.63, 3.8) is 0 Å². The second-order valence-corrected chi connectivity index (χ2v) is 7.23. The Bertz CT molecular complexity index is 588. The molecule has 0 spiro atoms. The third kappa shape index (κ3) is 3.36. The van der Waals surface area contributed by atoms with Gasteiger partial charge in [-0.2, -0.15) is 0 Å². The summed E-state index contributed by atoms with van der Waals surface area (Å²) in [5, 5.41) is 20.5. The number of hydrogen-bond acceptors (Lipinski definition) is 6. The zero-order valence-electron chi connectivity index (χ0n) is 10.5. The molecule has 0 radical (unpaired) electrons. The fourth-order valence-corrected chi connectivity index (χ4v) is 4.28. The highest BCUT2D eigenvalue weighted by Gasteiger charge is 2.32. The molecule has 0 bridgehead atoms. The van der Waals surface area contributed by atoms with Gasteiger partial charge >= 0.3 is 5.97 Å². The largest absolute Gasteiger partial charge is 0.477 e. The lowest BCUT2D eigenvalue weighted by Gasteiger charge is -2.31. The van der Waals surface area contributed by atoms with Crippen molar-refractivity contribution in [2.45, 2.75) is 23.3 Å². The number of carboxylic acid groups (broad SMARTS) is 1. The van der Waals surface area contributed by atoms with Gasteiger partial charge in [-0.05, 0) is 11.4 Å².